The van der Waals surface area contributed by atoms with Crippen LogP contribution in [0.4, 0.5) is 22.7 Å². The summed E-state index contributed by atoms with van der Waals surface area (Å²) in [6.45, 7) is 5.68. The van der Waals surface area contributed by atoms with Gasteiger partial charge >= 0.3 is 0 Å². The second kappa shape index (κ2) is 7.22. The van der Waals surface area contributed by atoms with E-state index in [1.165, 1.54) is 18.1 Å². The van der Waals surface area contributed by atoms with E-state index in [1.807, 2.05) is 24.3 Å². The van der Waals surface area contributed by atoms with E-state index in [1.54, 1.807) is 0 Å². The van der Waals surface area contributed by atoms with Crippen molar-refractivity contribution in [2.45, 2.75) is 20.8 Å². The van der Waals surface area contributed by atoms with E-state index in [-0.39, 0.29) is 5.91 Å². The first-order chi connectivity index (χ1) is 12.0. The predicted octanol–water partition coefficient (Wildman–Crippen LogP) is 5.73. The van der Waals surface area contributed by atoms with Crippen molar-refractivity contribution in [1.29, 1.82) is 0 Å². The summed E-state index contributed by atoms with van der Waals surface area (Å²) in [7, 11) is 0. The number of hydrogen-bond donors (Lipinski definition) is 1. The van der Waals surface area contributed by atoms with Crippen LogP contribution in [-0.4, -0.2) is 5.91 Å². The Bertz CT molecular complexity index is 822. The van der Waals surface area contributed by atoms with Crippen molar-refractivity contribution in [2.24, 2.45) is 0 Å². The Morgan fingerprint density at radius 1 is 0.760 bits per heavy atom. The van der Waals surface area contributed by atoms with Crippen LogP contribution >= 0.6 is 0 Å². The Balaban J connectivity index is 2.09. The molecule has 0 heterocycles. The zero-order chi connectivity index (χ0) is 17.8. The van der Waals surface area contributed by atoms with Crippen molar-refractivity contribution in [3.05, 3.63) is 83.9 Å². The number of rotatable bonds is 4. The lowest BCUT2D eigenvalue weighted by molar-refractivity contribution is -0.114. The van der Waals surface area contributed by atoms with Gasteiger partial charge in [-0.05, 0) is 56.3 Å². The van der Waals surface area contributed by atoms with Crippen LogP contribution < -0.4 is 10.2 Å². The lowest BCUT2D eigenvalue weighted by Gasteiger charge is -2.26. The highest BCUT2D eigenvalue weighted by atomic mass is 16.1. The maximum atomic E-state index is 11.4. The molecule has 0 unspecified atom stereocenters. The smallest absolute Gasteiger partial charge is 0.221 e. The molecule has 3 heteroatoms. The summed E-state index contributed by atoms with van der Waals surface area (Å²) in [6.07, 6.45) is 0. The fourth-order valence-corrected chi connectivity index (χ4v) is 2.76. The molecule has 0 saturated carbocycles. The topological polar surface area (TPSA) is 32.3 Å². The SMILES string of the molecule is CC(=O)Nc1cccc(N(c2ccc(C)cc2)c2ccc(C)cc2)c1. The van der Waals surface area contributed by atoms with Gasteiger partial charge in [-0.15, -0.1) is 0 Å². The Labute approximate surface area is 148 Å². The van der Waals surface area contributed by atoms with Crippen LogP contribution in [0.25, 0.3) is 0 Å². The Morgan fingerprint density at radius 3 is 1.76 bits per heavy atom. The molecular weight excluding hydrogens is 308 g/mol. The predicted molar refractivity (Wildman–Crippen MR) is 105 cm³/mol. The minimum Gasteiger partial charge on any atom is -0.326 e. The number of hydrogen-bond acceptors (Lipinski definition) is 2. The van der Waals surface area contributed by atoms with Gasteiger partial charge < -0.3 is 10.2 Å². The van der Waals surface area contributed by atoms with E-state index < -0.39 is 0 Å². The molecule has 126 valence electrons. The summed E-state index contributed by atoms with van der Waals surface area (Å²) in [5.41, 5.74) is 6.39. The molecule has 0 fully saturated rings. The number of carbonyl (C=O) groups is 1. The van der Waals surface area contributed by atoms with Gasteiger partial charge in [0.2, 0.25) is 5.91 Å². The third-order valence-corrected chi connectivity index (χ3v) is 4.01. The standard InChI is InChI=1S/C22H22N2O/c1-16-7-11-20(12-8-16)24(21-13-9-17(2)10-14-21)22-6-4-5-19(15-22)23-18(3)25/h4-15H,1-3H3,(H,23,25). The normalized spacial score (nSPS) is 10.4. The molecule has 0 aromatic heterocycles. The molecule has 0 aliphatic rings. The molecule has 0 aliphatic carbocycles. The maximum Gasteiger partial charge on any atom is 0.221 e. The summed E-state index contributed by atoms with van der Waals surface area (Å²) < 4.78 is 0. The van der Waals surface area contributed by atoms with Crippen molar-refractivity contribution in [3.63, 3.8) is 0 Å². The highest BCUT2D eigenvalue weighted by molar-refractivity contribution is 5.90. The summed E-state index contributed by atoms with van der Waals surface area (Å²) in [5, 5.41) is 2.86. The lowest BCUT2D eigenvalue weighted by Crippen LogP contribution is -2.11. The fraction of sp³-hybridized carbons (Fsp3) is 0.136. The first-order valence-corrected chi connectivity index (χ1v) is 8.34. The molecule has 3 aromatic carbocycles. The zero-order valence-electron chi connectivity index (χ0n) is 14.8. The summed E-state index contributed by atoms with van der Waals surface area (Å²) in [6, 6.07) is 24.8. The van der Waals surface area contributed by atoms with Gasteiger partial charge in [0.15, 0.2) is 0 Å². The molecule has 3 aromatic rings. The monoisotopic (exact) mass is 330 g/mol. The van der Waals surface area contributed by atoms with Gasteiger partial charge in [0.1, 0.15) is 0 Å². The summed E-state index contributed by atoms with van der Waals surface area (Å²) in [4.78, 5) is 13.6. The number of nitrogens with one attached hydrogen (secondary N) is 1. The van der Waals surface area contributed by atoms with Gasteiger partial charge in [-0.2, -0.15) is 0 Å². The molecule has 1 amide bonds. The summed E-state index contributed by atoms with van der Waals surface area (Å²) in [5.74, 6) is -0.0747. The van der Waals surface area contributed by atoms with Crippen LogP contribution in [0.5, 0.6) is 0 Å². The number of anilines is 4. The average molecular weight is 330 g/mol. The molecule has 3 nitrogen and oxygen atoms in total. The van der Waals surface area contributed by atoms with Crippen molar-refractivity contribution >= 4 is 28.7 Å². The van der Waals surface area contributed by atoms with Crippen LogP contribution in [0.3, 0.4) is 0 Å². The largest absolute Gasteiger partial charge is 0.326 e. The van der Waals surface area contributed by atoms with E-state index in [0.717, 1.165) is 22.7 Å². The fourth-order valence-electron chi connectivity index (χ4n) is 2.76. The lowest BCUT2D eigenvalue weighted by atomic mass is 10.1. The van der Waals surface area contributed by atoms with E-state index >= 15 is 0 Å². The Kier molecular flexibility index (Phi) is 4.85. The van der Waals surface area contributed by atoms with Gasteiger partial charge in [-0.3, -0.25) is 4.79 Å². The minimum absolute atomic E-state index is 0.0747. The van der Waals surface area contributed by atoms with E-state index in [0.29, 0.717) is 0 Å². The second-order valence-electron chi connectivity index (χ2n) is 6.24. The Morgan fingerprint density at radius 2 is 1.28 bits per heavy atom. The quantitative estimate of drug-likeness (QED) is 0.662. The molecule has 1 N–H and O–H groups in total. The first-order valence-electron chi connectivity index (χ1n) is 8.34. The number of nitrogens with zero attached hydrogens (tertiary/aromatic N) is 1. The van der Waals surface area contributed by atoms with Gasteiger partial charge in [0.25, 0.3) is 0 Å². The third-order valence-electron chi connectivity index (χ3n) is 4.01. The number of carbonyl (C=O) groups excluding carboxylic acids is 1. The van der Waals surface area contributed by atoms with Crippen LogP contribution in [0.15, 0.2) is 72.8 Å². The van der Waals surface area contributed by atoms with Crippen LogP contribution in [0.1, 0.15) is 18.1 Å². The van der Waals surface area contributed by atoms with Gasteiger partial charge in [-0.25, -0.2) is 0 Å². The molecule has 25 heavy (non-hydrogen) atoms. The third kappa shape index (κ3) is 4.07. The molecule has 0 bridgehead atoms. The number of benzene rings is 3. The molecule has 0 spiro atoms. The Hall–Kier alpha value is -3.07. The zero-order valence-corrected chi connectivity index (χ0v) is 14.8. The van der Waals surface area contributed by atoms with Crippen molar-refractivity contribution < 1.29 is 4.79 Å². The van der Waals surface area contributed by atoms with E-state index in [4.69, 9.17) is 0 Å². The number of aryl methyl sites for hydroxylation is 2. The number of amides is 1. The van der Waals surface area contributed by atoms with Gasteiger partial charge in [0, 0.05) is 29.7 Å². The highest BCUT2D eigenvalue weighted by Crippen LogP contribution is 2.35. The molecular formula is C22H22N2O. The molecule has 3 rings (SSSR count). The van der Waals surface area contributed by atoms with Gasteiger partial charge in [-0.1, -0.05) is 41.5 Å². The molecule has 0 aliphatic heterocycles. The second-order valence-corrected chi connectivity index (χ2v) is 6.24. The molecule has 0 atom stereocenters. The highest BCUT2D eigenvalue weighted by Gasteiger charge is 2.12. The average Bonchev–Trinajstić information content (AvgIpc) is 2.58. The van der Waals surface area contributed by atoms with Crippen LogP contribution in [-0.2, 0) is 4.79 Å². The summed E-state index contributed by atoms with van der Waals surface area (Å²) >= 11 is 0. The van der Waals surface area contributed by atoms with Crippen molar-refractivity contribution in [1.82, 2.24) is 0 Å². The molecule has 0 radical (unpaired) electrons. The minimum atomic E-state index is -0.0747. The first kappa shape index (κ1) is 16.8. The maximum absolute atomic E-state index is 11.4. The molecule has 0 saturated heterocycles. The van der Waals surface area contributed by atoms with Crippen LogP contribution in [0.2, 0.25) is 0 Å². The van der Waals surface area contributed by atoms with E-state index in [9.17, 15) is 4.79 Å². The van der Waals surface area contributed by atoms with Crippen molar-refractivity contribution in [3.8, 4) is 0 Å². The van der Waals surface area contributed by atoms with Crippen molar-refractivity contribution in [2.75, 3.05) is 10.2 Å². The van der Waals surface area contributed by atoms with Gasteiger partial charge in [0.05, 0.1) is 0 Å². The van der Waals surface area contributed by atoms with E-state index in [2.05, 4.69) is 72.6 Å². The van der Waals surface area contributed by atoms with Crippen LogP contribution in [0, 0.1) is 13.8 Å².